The molecule has 1 fully saturated rings. The highest BCUT2D eigenvalue weighted by atomic mass is 16.5. The highest BCUT2D eigenvalue weighted by Crippen LogP contribution is 2.38. The number of benzene rings is 1. The van der Waals surface area contributed by atoms with E-state index in [1.807, 2.05) is 31.2 Å². The molecule has 1 saturated heterocycles. The van der Waals surface area contributed by atoms with E-state index in [0.717, 1.165) is 24.2 Å². The number of hydrogen-bond acceptors (Lipinski definition) is 4. The predicted octanol–water partition coefficient (Wildman–Crippen LogP) is 2.75. The number of ether oxygens (including phenoxy) is 1. The molecule has 0 aromatic heterocycles. The Bertz CT molecular complexity index is 509. The van der Waals surface area contributed by atoms with Crippen LogP contribution in [0.15, 0.2) is 24.3 Å². The van der Waals surface area contributed by atoms with Crippen LogP contribution in [0, 0.1) is 6.92 Å². The number of aliphatic hydroxyl groups excluding tert-OH is 2. The normalized spacial score (nSPS) is 22.7. The van der Waals surface area contributed by atoms with Crippen LogP contribution in [-0.2, 0) is 0 Å². The summed E-state index contributed by atoms with van der Waals surface area (Å²) >= 11 is 0. The molecule has 0 spiro atoms. The molecule has 0 amide bonds. The Kier molecular flexibility index (Phi) is 5.39. The van der Waals surface area contributed by atoms with E-state index in [2.05, 4.69) is 32.6 Å². The van der Waals surface area contributed by atoms with Crippen molar-refractivity contribution >= 4 is 0 Å². The van der Waals surface area contributed by atoms with E-state index in [1.165, 1.54) is 0 Å². The molecule has 1 heterocycles. The first-order valence-electron chi connectivity index (χ1n) is 8.43. The standard InChI is InChI=1S/C19H31NO3/c1-14-7-6-8-17(9-14)23-13-16(22)12-20-18(2,3)10-15(21)11-19(20,4)5/h6-9,15-16,21-22H,10-13H2,1-5H3/t16-/m0/s1. The zero-order chi connectivity index (χ0) is 17.3. The van der Waals surface area contributed by atoms with Gasteiger partial charge < -0.3 is 14.9 Å². The molecule has 0 aliphatic carbocycles. The van der Waals surface area contributed by atoms with Gasteiger partial charge in [-0.2, -0.15) is 0 Å². The molecule has 1 aromatic carbocycles. The lowest BCUT2D eigenvalue weighted by Gasteiger charge is -2.54. The molecular weight excluding hydrogens is 290 g/mol. The average Bonchev–Trinajstić information content (AvgIpc) is 2.39. The van der Waals surface area contributed by atoms with Crippen molar-refractivity contribution in [2.45, 2.75) is 70.7 Å². The number of hydrogen-bond donors (Lipinski definition) is 2. The number of aliphatic hydroxyl groups is 2. The van der Waals surface area contributed by atoms with Crippen molar-refractivity contribution < 1.29 is 14.9 Å². The van der Waals surface area contributed by atoms with Crippen LogP contribution in [0.25, 0.3) is 0 Å². The third-order valence-corrected chi connectivity index (χ3v) is 4.76. The van der Waals surface area contributed by atoms with Crippen LogP contribution in [0.5, 0.6) is 5.75 Å². The molecule has 1 aromatic rings. The molecule has 23 heavy (non-hydrogen) atoms. The minimum Gasteiger partial charge on any atom is -0.491 e. The minimum atomic E-state index is -0.565. The van der Waals surface area contributed by atoms with Gasteiger partial charge in [-0.1, -0.05) is 12.1 Å². The fraction of sp³-hybridized carbons (Fsp3) is 0.684. The number of nitrogens with zero attached hydrogens (tertiary/aromatic N) is 1. The van der Waals surface area contributed by atoms with Gasteiger partial charge in [-0.3, -0.25) is 4.90 Å². The summed E-state index contributed by atoms with van der Waals surface area (Å²) in [7, 11) is 0. The summed E-state index contributed by atoms with van der Waals surface area (Å²) in [5.74, 6) is 0.789. The van der Waals surface area contributed by atoms with Crippen molar-refractivity contribution in [3.05, 3.63) is 29.8 Å². The van der Waals surface area contributed by atoms with Crippen molar-refractivity contribution in [3.63, 3.8) is 0 Å². The SMILES string of the molecule is Cc1cccc(OC[C@@H](O)CN2C(C)(C)CC(O)CC2(C)C)c1. The van der Waals surface area contributed by atoms with Crippen LogP contribution in [0.1, 0.15) is 46.1 Å². The number of β-amino-alcohol motifs (C(OH)–C–C–N with tert-alkyl or cyclic N) is 1. The molecule has 2 N–H and O–H groups in total. The first-order chi connectivity index (χ1) is 10.6. The van der Waals surface area contributed by atoms with Crippen molar-refractivity contribution in [1.29, 1.82) is 0 Å². The van der Waals surface area contributed by atoms with Crippen molar-refractivity contribution in [2.75, 3.05) is 13.2 Å². The number of piperidine rings is 1. The van der Waals surface area contributed by atoms with Gasteiger partial charge in [-0.25, -0.2) is 0 Å². The van der Waals surface area contributed by atoms with Gasteiger partial charge in [0.25, 0.3) is 0 Å². The quantitative estimate of drug-likeness (QED) is 0.875. The maximum absolute atomic E-state index is 10.4. The molecule has 1 aliphatic heterocycles. The maximum Gasteiger partial charge on any atom is 0.119 e. The minimum absolute atomic E-state index is 0.147. The van der Waals surface area contributed by atoms with E-state index in [9.17, 15) is 10.2 Å². The van der Waals surface area contributed by atoms with E-state index in [-0.39, 0.29) is 23.8 Å². The Morgan fingerprint density at radius 1 is 1.22 bits per heavy atom. The van der Waals surface area contributed by atoms with E-state index in [0.29, 0.717) is 6.54 Å². The zero-order valence-corrected chi connectivity index (χ0v) is 15.0. The summed E-state index contributed by atoms with van der Waals surface area (Å²) in [6, 6.07) is 7.85. The molecule has 0 unspecified atom stereocenters. The summed E-state index contributed by atoms with van der Waals surface area (Å²) in [6.07, 6.45) is 0.602. The van der Waals surface area contributed by atoms with Crippen molar-refractivity contribution in [2.24, 2.45) is 0 Å². The predicted molar refractivity (Wildman–Crippen MR) is 92.8 cm³/mol. The van der Waals surface area contributed by atoms with Crippen LogP contribution in [0.3, 0.4) is 0 Å². The van der Waals surface area contributed by atoms with Crippen LogP contribution in [0.2, 0.25) is 0 Å². The molecule has 4 nitrogen and oxygen atoms in total. The van der Waals surface area contributed by atoms with Gasteiger partial charge in [0.15, 0.2) is 0 Å². The first-order valence-corrected chi connectivity index (χ1v) is 8.43. The molecule has 0 bridgehead atoms. The second kappa shape index (κ2) is 6.80. The zero-order valence-electron chi connectivity index (χ0n) is 15.0. The third-order valence-electron chi connectivity index (χ3n) is 4.76. The van der Waals surface area contributed by atoms with Crippen molar-refractivity contribution in [1.82, 2.24) is 4.90 Å². The monoisotopic (exact) mass is 321 g/mol. The van der Waals surface area contributed by atoms with Gasteiger partial charge in [-0.15, -0.1) is 0 Å². The van der Waals surface area contributed by atoms with E-state index in [4.69, 9.17) is 4.74 Å². The van der Waals surface area contributed by atoms with E-state index < -0.39 is 6.10 Å². The molecule has 4 heteroatoms. The molecule has 1 aliphatic rings. The molecule has 0 radical (unpaired) electrons. The largest absolute Gasteiger partial charge is 0.491 e. The summed E-state index contributed by atoms with van der Waals surface area (Å²) in [5, 5.41) is 20.5. The summed E-state index contributed by atoms with van der Waals surface area (Å²) in [4.78, 5) is 2.30. The highest BCUT2D eigenvalue weighted by Gasteiger charge is 2.45. The molecular formula is C19H31NO3. The van der Waals surface area contributed by atoms with Gasteiger partial charge >= 0.3 is 0 Å². The average molecular weight is 321 g/mol. The molecule has 0 saturated carbocycles. The Morgan fingerprint density at radius 2 is 1.83 bits per heavy atom. The van der Waals surface area contributed by atoms with Crippen molar-refractivity contribution in [3.8, 4) is 5.75 Å². The molecule has 130 valence electrons. The second-order valence-electron chi connectivity index (χ2n) is 8.08. The maximum atomic E-state index is 10.4. The first kappa shape index (κ1) is 18.2. The Morgan fingerprint density at radius 3 is 2.39 bits per heavy atom. The fourth-order valence-electron chi connectivity index (χ4n) is 3.92. The van der Waals surface area contributed by atoms with Gasteiger partial charge in [0, 0.05) is 17.6 Å². The highest BCUT2D eigenvalue weighted by molar-refractivity contribution is 5.27. The number of aryl methyl sites for hydroxylation is 1. The Balaban J connectivity index is 1.96. The third kappa shape index (κ3) is 4.69. The van der Waals surface area contributed by atoms with Crippen LogP contribution in [-0.4, -0.2) is 51.6 Å². The molecule has 1 atom stereocenters. The van der Waals surface area contributed by atoms with Crippen LogP contribution >= 0.6 is 0 Å². The Labute approximate surface area is 140 Å². The van der Waals surface area contributed by atoms with Gasteiger partial charge in [0.05, 0.1) is 6.10 Å². The fourth-order valence-corrected chi connectivity index (χ4v) is 3.92. The number of likely N-dealkylation sites (tertiary alicyclic amines) is 1. The van der Waals surface area contributed by atoms with Crippen LogP contribution < -0.4 is 4.74 Å². The van der Waals surface area contributed by atoms with Gasteiger partial charge in [0.2, 0.25) is 0 Å². The summed E-state index contributed by atoms with van der Waals surface area (Å²) < 4.78 is 5.72. The van der Waals surface area contributed by atoms with Gasteiger partial charge in [0.1, 0.15) is 18.5 Å². The van der Waals surface area contributed by atoms with E-state index >= 15 is 0 Å². The second-order valence-corrected chi connectivity index (χ2v) is 8.08. The van der Waals surface area contributed by atoms with Crippen LogP contribution in [0.4, 0.5) is 0 Å². The summed E-state index contributed by atoms with van der Waals surface area (Å²) in [6.45, 7) is 11.4. The van der Waals surface area contributed by atoms with E-state index in [1.54, 1.807) is 0 Å². The topological polar surface area (TPSA) is 52.9 Å². The smallest absolute Gasteiger partial charge is 0.119 e. The lowest BCUT2D eigenvalue weighted by atomic mass is 9.78. The van der Waals surface area contributed by atoms with Gasteiger partial charge in [-0.05, 0) is 65.2 Å². The lowest BCUT2D eigenvalue weighted by molar-refractivity contribution is -0.1000. The lowest BCUT2D eigenvalue weighted by Crippen LogP contribution is -2.63. The molecule has 2 rings (SSSR count). The Hall–Kier alpha value is -1.10. The summed E-state index contributed by atoms with van der Waals surface area (Å²) in [5.41, 5.74) is 0.848. The number of rotatable bonds is 5.